The minimum Gasteiger partial charge on any atom is -0.399 e. The van der Waals surface area contributed by atoms with Crippen LogP contribution in [0.25, 0.3) is 11.0 Å². The van der Waals surface area contributed by atoms with E-state index in [1.165, 1.54) is 22.0 Å². The van der Waals surface area contributed by atoms with E-state index < -0.39 is 18.0 Å². The number of nitrogens with zero attached hydrogens (tertiary/aromatic N) is 2. The van der Waals surface area contributed by atoms with Crippen LogP contribution in [0.5, 0.6) is 0 Å². The predicted molar refractivity (Wildman–Crippen MR) is 77.3 cm³/mol. The molecular weight excluding hydrogens is 299 g/mol. The monoisotopic (exact) mass is 311 g/mol. The Morgan fingerprint density at radius 1 is 1.29 bits per heavy atom. The van der Waals surface area contributed by atoms with E-state index in [-0.39, 0.29) is 5.52 Å². The lowest BCUT2D eigenvalue weighted by Crippen LogP contribution is -2.18. The van der Waals surface area contributed by atoms with Crippen molar-refractivity contribution >= 4 is 28.1 Å². The zero-order valence-electron chi connectivity index (χ0n) is 11.1. The predicted octanol–water partition coefficient (Wildman–Crippen LogP) is 4.31. The molecule has 3 aromatic rings. The van der Waals surface area contributed by atoms with Crippen LogP contribution < -0.4 is 5.73 Å². The maximum absolute atomic E-state index is 13.3. The quantitative estimate of drug-likeness (QED) is 0.717. The zero-order valence-corrected chi connectivity index (χ0v) is 11.9. The number of rotatable bonds is 2. The van der Waals surface area contributed by atoms with Crippen LogP contribution in [0, 0.1) is 0 Å². The lowest BCUT2D eigenvalue weighted by atomic mass is 10.1. The molecule has 0 spiro atoms. The van der Waals surface area contributed by atoms with Crippen LogP contribution in [0.2, 0.25) is 0 Å². The molecule has 0 aliphatic rings. The summed E-state index contributed by atoms with van der Waals surface area (Å²) in [6, 6.07) is 5.98. The van der Waals surface area contributed by atoms with E-state index >= 15 is 0 Å². The molecule has 110 valence electrons. The standard InChI is InChI=1S/C14H12F3N3S/c1-8(9-4-5-21-7-9)20-12-3-2-10(18)6-11(12)19-13(20)14(15,16)17/h2-8H,18H2,1H3. The number of anilines is 1. The molecule has 1 unspecified atom stereocenters. The fourth-order valence-electron chi connectivity index (χ4n) is 2.37. The number of thiophene rings is 1. The van der Waals surface area contributed by atoms with Crippen LogP contribution in [0.3, 0.4) is 0 Å². The van der Waals surface area contributed by atoms with Gasteiger partial charge in [-0.25, -0.2) is 4.98 Å². The number of halogens is 3. The Balaban J connectivity index is 2.28. The summed E-state index contributed by atoms with van der Waals surface area (Å²) in [6.45, 7) is 1.73. The van der Waals surface area contributed by atoms with Gasteiger partial charge in [0.05, 0.1) is 17.1 Å². The molecule has 7 heteroatoms. The van der Waals surface area contributed by atoms with Crippen molar-refractivity contribution in [3.05, 3.63) is 46.4 Å². The molecule has 21 heavy (non-hydrogen) atoms. The molecule has 0 saturated carbocycles. The third-order valence-corrected chi connectivity index (χ3v) is 4.08. The number of aromatic nitrogens is 2. The SMILES string of the molecule is CC(c1ccsc1)n1c(C(F)(F)F)nc2cc(N)ccc21. The van der Waals surface area contributed by atoms with Gasteiger partial charge in [0.25, 0.3) is 0 Å². The highest BCUT2D eigenvalue weighted by Gasteiger charge is 2.38. The molecule has 0 aliphatic carbocycles. The number of nitrogen functional groups attached to an aromatic ring is 1. The Morgan fingerprint density at radius 2 is 2.05 bits per heavy atom. The van der Waals surface area contributed by atoms with Crippen molar-refractivity contribution in [2.75, 3.05) is 5.73 Å². The summed E-state index contributed by atoms with van der Waals surface area (Å²) >= 11 is 1.45. The van der Waals surface area contributed by atoms with Gasteiger partial charge in [-0.3, -0.25) is 0 Å². The van der Waals surface area contributed by atoms with E-state index in [0.717, 1.165) is 5.56 Å². The van der Waals surface area contributed by atoms with Crippen molar-refractivity contribution in [1.29, 1.82) is 0 Å². The van der Waals surface area contributed by atoms with Crippen LogP contribution in [-0.4, -0.2) is 9.55 Å². The first kappa shape index (κ1) is 13.9. The van der Waals surface area contributed by atoms with Gasteiger partial charge >= 0.3 is 6.18 Å². The van der Waals surface area contributed by atoms with Crippen LogP contribution in [0.15, 0.2) is 35.0 Å². The van der Waals surface area contributed by atoms with Crippen molar-refractivity contribution in [3.8, 4) is 0 Å². The number of nitrogens with two attached hydrogens (primary N) is 1. The minimum atomic E-state index is -4.52. The normalized spacial score (nSPS) is 13.7. The highest BCUT2D eigenvalue weighted by Crippen LogP contribution is 2.36. The van der Waals surface area contributed by atoms with Crippen LogP contribution in [0.1, 0.15) is 24.4 Å². The molecule has 0 radical (unpaired) electrons. The molecular formula is C14H12F3N3S. The molecule has 0 aliphatic heterocycles. The number of hydrogen-bond donors (Lipinski definition) is 1. The second-order valence-corrected chi connectivity index (χ2v) is 5.56. The molecule has 2 aromatic heterocycles. The molecule has 2 N–H and O–H groups in total. The molecule has 0 fully saturated rings. The fourth-order valence-corrected chi connectivity index (χ4v) is 3.12. The first-order chi connectivity index (χ1) is 9.88. The number of alkyl halides is 3. The maximum Gasteiger partial charge on any atom is 0.449 e. The third kappa shape index (κ3) is 2.37. The Labute approximate surface area is 122 Å². The molecule has 2 heterocycles. The van der Waals surface area contributed by atoms with E-state index in [1.807, 2.05) is 16.8 Å². The topological polar surface area (TPSA) is 43.8 Å². The van der Waals surface area contributed by atoms with Gasteiger partial charge in [0.1, 0.15) is 0 Å². The van der Waals surface area contributed by atoms with E-state index in [4.69, 9.17) is 5.73 Å². The Hall–Kier alpha value is -2.02. The van der Waals surface area contributed by atoms with Crippen molar-refractivity contribution < 1.29 is 13.2 Å². The largest absolute Gasteiger partial charge is 0.449 e. The maximum atomic E-state index is 13.3. The smallest absolute Gasteiger partial charge is 0.399 e. The summed E-state index contributed by atoms with van der Waals surface area (Å²) in [5, 5.41) is 3.68. The fraction of sp³-hybridized carbons (Fsp3) is 0.214. The van der Waals surface area contributed by atoms with Gasteiger partial charge in [0.15, 0.2) is 0 Å². The molecule has 1 aromatic carbocycles. The van der Waals surface area contributed by atoms with Crippen molar-refractivity contribution in [2.45, 2.75) is 19.1 Å². The van der Waals surface area contributed by atoms with Crippen LogP contribution >= 0.6 is 11.3 Å². The summed E-state index contributed by atoms with van der Waals surface area (Å²) in [5.41, 5.74) is 7.53. The van der Waals surface area contributed by atoms with E-state index in [2.05, 4.69) is 4.98 Å². The van der Waals surface area contributed by atoms with Gasteiger partial charge in [-0.1, -0.05) is 0 Å². The summed E-state index contributed by atoms with van der Waals surface area (Å²) in [7, 11) is 0. The highest BCUT2D eigenvalue weighted by molar-refractivity contribution is 7.07. The lowest BCUT2D eigenvalue weighted by molar-refractivity contribution is -0.147. The van der Waals surface area contributed by atoms with Crippen LogP contribution in [-0.2, 0) is 6.18 Å². The summed E-state index contributed by atoms with van der Waals surface area (Å²) in [5.74, 6) is -0.901. The molecule has 3 rings (SSSR count). The van der Waals surface area contributed by atoms with E-state index in [9.17, 15) is 13.2 Å². The second kappa shape index (κ2) is 4.77. The van der Waals surface area contributed by atoms with Gasteiger partial charge in [-0.2, -0.15) is 24.5 Å². The van der Waals surface area contributed by atoms with E-state index in [0.29, 0.717) is 11.2 Å². The van der Waals surface area contributed by atoms with Gasteiger partial charge < -0.3 is 10.3 Å². The Bertz CT molecular complexity index is 775. The van der Waals surface area contributed by atoms with Gasteiger partial charge in [0, 0.05) is 5.69 Å². The average molecular weight is 311 g/mol. The third-order valence-electron chi connectivity index (χ3n) is 3.38. The first-order valence-electron chi connectivity index (χ1n) is 6.24. The summed E-state index contributed by atoms with van der Waals surface area (Å²) in [4.78, 5) is 3.74. The number of imidazole rings is 1. The first-order valence-corrected chi connectivity index (χ1v) is 7.19. The van der Waals surface area contributed by atoms with Gasteiger partial charge in [-0.15, -0.1) is 0 Å². The minimum absolute atomic E-state index is 0.254. The Morgan fingerprint density at radius 3 is 2.67 bits per heavy atom. The second-order valence-electron chi connectivity index (χ2n) is 4.78. The number of fused-ring (bicyclic) bond motifs is 1. The molecule has 0 amide bonds. The molecule has 0 bridgehead atoms. The van der Waals surface area contributed by atoms with E-state index in [1.54, 1.807) is 19.1 Å². The molecule has 3 nitrogen and oxygen atoms in total. The van der Waals surface area contributed by atoms with Crippen molar-refractivity contribution in [3.63, 3.8) is 0 Å². The molecule has 0 saturated heterocycles. The summed E-state index contributed by atoms with van der Waals surface area (Å²) < 4.78 is 41.1. The van der Waals surface area contributed by atoms with Gasteiger partial charge in [-0.05, 0) is 47.5 Å². The average Bonchev–Trinajstić information content (AvgIpc) is 3.03. The molecule has 1 atom stereocenters. The number of benzene rings is 1. The highest BCUT2D eigenvalue weighted by atomic mass is 32.1. The van der Waals surface area contributed by atoms with Crippen molar-refractivity contribution in [2.24, 2.45) is 0 Å². The van der Waals surface area contributed by atoms with Gasteiger partial charge in [0.2, 0.25) is 5.82 Å². The number of hydrogen-bond acceptors (Lipinski definition) is 3. The summed E-state index contributed by atoms with van der Waals surface area (Å²) in [6.07, 6.45) is -4.52. The zero-order chi connectivity index (χ0) is 15.2. The van der Waals surface area contributed by atoms with Crippen LogP contribution in [0.4, 0.5) is 18.9 Å². The lowest BCUT2D eigenvalue weighted by Gasteiger charge is -2.18. The Kier molecular flexibility index (Phi) is 3.16. The van der Waals surface area contributed by atoms with Crippen molar-refractivity contribution in [1.82, 2.24) is 9.55 Å².